The van der Waals surface area contributed by atoms with Crippen molar-refractivity contribution in [1.29, 1.82) is 0 Å². The summed E-state index contributed by atoms with van der Waals surface area (Å²) in [6, 6.07) is 4.68. The third-order valence-electron chi connectivity index (χ3n) is 1.40. The average molecular weight is 166 g/mol. The first kappa shape index (κ1) is 8.52. The Labute approximate surface area is 70.3 Å². The van der Waals surface area contributed by atoms with Gasteiger partial charge < -0.3 is 10.4 Å². The highest BCUT2D eigenvalue weighted by atomic mass is 16.4. The molecule has 1 aromatic rings. The number of aliphatic carboxylic acids is 1. The summed E-state index contributed by atoms with van der Waals surface area (Å²) in [5, 5.41) is 11.3. The van der Waals surface area contributed by atoms with E-state index in [1.807, 2.05) is 0 Å². The van der Waals surface area contributed by atoms with Crippen molar-refractivity contribution in [3.05, 3.63) is 24.4 Å². The number of aromatic nitrogens is 1. The van der Waals surface area contributed by atoms with Crippen LogP contribution >= 0.6 is 0 Å². The van der Waals surface area contributed by atoms with Crippen molar-refractivity contribution >= 4 is 11.8 Å². The lowest BCUT2D eigenvalue weighted by Gasteiger charge is -2.08. The van der Waals surface area contributed by atoms with Gasteiger partial charge in [-0.2, -0.15) is 0 Å². The molecule has 1 rings (SSSR count). The van der Waals surface area contributed by atoms with Gasteiger partial charge in [-0.3, -0.25) is 4.79 Å². The Balaban J connectivity index is 2.58. The van der Waals surface area contributed by atoms with E-state index in [0.29, 0.717) is 5.82 Å². The summed E-state index contributed by atoms with van der Waals surface area (Å²) in [4.78, 5) is 14.3. The molecule has 0 radical (unpaired) electrons. The smallest absolute Gasteiger partial charge is 0.325 e. The number of anilines is 1. The van der Waals surface area contributed by atoms with Gasteiger partial charge in [0, 0.05) is 6.20 Å². The van der Waals surface area contributed by atoms with Crippen LogP contribution in [0.15, 0.2) is 24.4 Å². The van der Waals surface area contributed by atoms with Crippen LogP contribution < -0.4 is 5.32 Å². The van der Waals surface area contributed by atoms with E-state index in [2.05, 4.69) is 10.3 Å². The molecule has 64 valence electrons. The fourth-order valence-electron chi connectivity index (χ4n) is 0.732. The SMILES string of the molecule is C[C@@H](Nc1ccccn1)C(=O)O. The van der Waals surface area contributed by atoms with E-state index >= 15 is 0 Å². The Bertz CT molecular complexity index is 261. The first-order valence-corrected chi connectivity index (χ1v) is 3.60. The maximum absolute atomic E-state index is 10.4. The van der Waals surface area contributed by atoms with E-state index in [1.165, 1.54) is 0 Å². The zero-order chi connectivity index (χ0) is 8.97. The van der Waals surface area contributed by atoms with Gasteiger partial charge in [-0.25, -0.2) is 4.98 Å². The van der Waals surface area contributed by atoms with Gasteiger partial charge in [-0.05, 0) is 19.1 Å². The quantitative estimate of drug-likeness (QED) is 0.702. The molecule has 4 nitrogen and oxygen atoms in total. The van der Waals surface area contributed by atoms with E-state index in [1.54, 1.807) is 31.3 Å². The zero-order valence-electron chi connectivity index (χ0n) is 6.69. The van der Waals surface area contributed by atoms with Gasteiger partial charge in [-0.15, -0.1) is 0 Å². The molecule has 0 saturated heterocycles. The highest BCUT2D eigenvalue weighted by molar-refractivity contribution is 5.76. The van der Waals surface area contributed by atoms with Crippen molar-refractivity contribution in [3.63, 3.8) is 0 Å². The van der Waals surface area contributed by atoms with Gasteiger partial charge in [0.2, 0.25) is 0 Å². The molecular formula is C8H10N2O2. The summed E-state index contributed by atoms with van der Waals surface area (Å²) >= 11 is 0. The number of nitrogens with one attached hydrogen (secondary N) is 1. The maximum Gasteiger partial charge on any atom is 0.325 e. The summed E-state index contributed by atoms with van der Waals surface area (Å²) in [6.45, 7) is 1.57. The van der Waals surface area contributed by atoms with Crippen molar-refractivity contribution in [2.75, 3.05) is 5.32 Å². The summed E-state index contributed by atoms with van der Waals surface area (Å²) in [5.74, 6) is -0.312. The van der Waals surface area contributed by atoms with E-state index in [4.69, 9.17) is 5.11 Å². The zero-order valence-corrected chi connectivity index (χ0v) is 6.69. The number of carboxylic acid groups (broad SMARTS) is 1. The standard InChI is InChI=1S/C8H10N2O2/c1-6(8(11)12)10-7-4-2-3-5-9-7/h2-6H,1H3,(H,9,10)(H,11,12)/t6-/m1/s1. The molecule has 0 saturated carbocycles. The Hall–Kier alpha value is -1.58. The largest absolute Gasteiger partial charge is 0.480 e. The molecule has 1 heterocycles. The third-order valence-corrected chi connectivity index (χ3v) is 1.40. The Morgan fingerprint density at radius 3 is 2.92 bits per heavy atom. The van der Waals surface area contributed by atoms with E-state index in [-0.39, 0.29) is 0 Å². The second kappa shape index (κ2) is 3.71. The van der Waals surface area contributed by atoms with Crippen LogP contribution in [0.25, 0.3) is 0 Å². The highest BCUT2D eigenvalue weighted by Gasteiger charge is 2.09. The monoisotopic (exact) mass is 166 g/mol. The predicted octanol–water partition coefficient (Wildman–Crippen LogP) is 0.967. The van der Waals surface area contributed by atoms with Gasteiger partial charge >= 0.3 is 5.97 Å². The molecule has 2 N–H and O–H groups in total. The minimum Gasteiger partial charge on any atom is -0.480 e. The van der Waals surface area contributed by atoms with Crippen LogP contribution in [0.3, 0.4) is 0 Å². The Morgan fingerprint density at radius 2 is 2.42 bits per heavy atom. The van der Waals surface area contributed by atoms with Crippen molar-refractivity contribution in [2.45, 2.75) is 13.0 Å². The number of carbonyl (C=O) groups is 1. The summed E-state index contributed by atoms with van der Waals surface area (Å²) < 4.78 is 0. The molecule has 1 atom stereocenters. The molecule has 0 bridgehead atoms. The van der Waals surface area contributed by atoms with Crippen LogP contribution in [0.1, 0.15) is 6.92 Å². The molecule has 0 aliphatic heterocycles. The summed E-state index contributed by atoms with van der Waals surface area (Å²) in [6.07, 6.45) is 1.61. The second-order valence-electron chi connectivity index (χ2n) is 2.42. The number of hydrogen-bond donors (Lipinski definition) is 2. The van der Waals surface area contributed by atoms with Gasteiger partial charge in [0.25, 0.3) is 0 Å². The predicted molar refractivity (Wildman–Crippen MR) is 45.0 cm³/mol. The number of nitrogens with zero attached hydrogens (tertiary/aromatic N) is 1. The van der Waals surface area contributed by atoms with Crippen LogP contribution in [-0.2, 0) is 4.79 Å². The summed E-state index contributed by atoms with van der Waals surface area (Å²) in [5.41, 5.74) is 0. The van der Waals surface area contributed by atoms with Crippen LogP contribution in [0, 0.1) is 0 Å². The van der Waals surface area contributed by atoms with E-state index in [9.17, 15) is 4.79 Å². The number of hydrogen-bond acceptors (Lipinski definition) is 3. The number of pyridine rings is 1. The Kier molecular flexibility index (Phi) is 2.63. The molecule has 0 spiro atoms. The molecule has 0 fully saturated rings. The van der Waals surface area contributed by atoms with Gasteiger partial charge in [0.1, 0.15) is 11.9 Å². The lowest BCUT2D eigenvalue weighted by atomic mass is 10.3. The molecule has 1 aromatic heterocycles. The van der Waals surface area contributed by atoms with E-state index < -0.39 is 12.0 Å². The van der Waals surface area contributed by atoms with Crippen molar-refractivity contribution in [1.82, 2.24) is 4.98 Å². The molecule has 4 heteroatoms. The molecule has 0 unspecified atom stereocenters. The lowest BCUT2D eigenvalue weighted by Crippen LogP contribution is -2.25. The van der Waals surface area contributed by atoms with Crippen molar-refractivity contribution in [2.24, 2.45) is 0 Å². The first-order valence-electron chi connectivity index (χ1n) is 3.60. The number of rotatable bonds is 3. The molecule has 0 amide bonds. The van der Waals surface area contributed by atoms with Gasteiger partial charge in [0.05, 0.1) is 0 Å². The van der Waals surface area contributed by atoms with Gasteiger partial charge in [0.15, 0.2) is 0 Å². The average Bonchev–Trinajstić information content (AvgIpc) is 2.06. The van der Waals surface area contributed by atoms with Crippen molar-refractivity contribution in [3.8, 4) is 0 Å². The Morgan fingerprint density at radius 1 is 1.67 bits per heavy atom. The number of carboxylic acids is 1. The lowest BCUT2D eigenvalue weighted by molar-refractivity contribution is -0.137. The van der Waals surface area contributed by atoms with Crippen LogP contribution in [0.2, 0.25) is 0 Å². The minimum absolute atomic E-state index is 0.576. The van der Waals surface area contributed by atoms with Gasteiger partial charge in [-0.1, -0.05) is 6.07 Å². The van der Waals surface area contributed by atoms with E-state index in [0.717, 1.165) is 0 Å². The third kappa shape index (κ3) is 2.23. The minimum atomic E-state index is -0.888. The van der Waals surface area contributed by atoms with Crippen molar-refractivity contribution < 1.29 is 9.90 Å². The summed E-state index contributed by atoms with van der Waals surface area (Å²) in [7, 11) is 0. The fourth-order valence-corrected chi connectivity index (χ4v) is 0.732. The molecule has 0 aliphatic carbocycles. The first-order chi connectivity index (χ1) is 5.70. The van der Waals surface area contributed by atoms with Crippen LogP contribution in [0.5, 0.6) is 0 Å². The molecule has 12 heavy (non-hydrogen) atoms. The fraction of sp³-hybridized carbons (Fsp3) is 0.250. The molecule has 0 aliphatic rings. The normalized spacial score (nSPS) is 12.1. The second-order valence-corrected chi connectivity index (χ2v) is 2.42. The van der Waals surface area contributed by atoms with Crippen LogP contribution in [-0.4, -0.2) is 22.1 Å². The maximum atomic E-state index is 10.4. The molecule has 0 aromatic carbocycles. The highest BCUT2D eigenvalue weighted by Crippen LogP contribution is 2.01. The topological polar surface area (TPSA) is 62.2 Å². The van der Waals surface area contributed by atoms with Crippen LogP contribution in [0.4, 0.5) is 5.82 Å². The molecular weight excluding hydrogens is 156 g/mol.